The molecule has 0 saturated carbocycles. The van der Waals surface area contributed by atoms with E-state index < -0.39 is 11.9 Å². The number of hydrogen-bond donors (Lipinski definition) is 2. The summed E-state index contributed by atoms with van der Waals surface area (Å²) in [5.74, 6) is -1.99. The van der Waals surface area contributed by atoms with Crippen LogP contribution in [-0.2, 0) is 19.1 Å². The van der Waals surface area contributed by atoms with Crippen LogP contribution in [0.15, 0.2) is 12.2 Å². The number of hydrogen-bond acceptors (Lipinski definition) is 4. The second-order valence-electron chi connectivity index (χ2n) is 3.10. The molecule has 0 aromatic carbocycles. The molecule has 0 radical (unpaired) electrons. The summed E-state index contributed by atoms with van der Waals surface area (Å²) in [7, 11) is 0. The number of amides is 1. The quantitative estimate of drug-likeness (QED) is 0.482. The molecular weight excluding hydrogens is 202 g/mol. The van der Waals surface area contributed by atoms with Gasteiger partial charge in [-0.05, 0) is 6.42 Å². The minimum absolute atomic E-state index is 0.0582. The highest BCUT2D eigenvalue weighted by Gasteiger charge is 2.21. The van der Waals surface area contributed by atoms with Gasteiger partial charge in [0.25, 0.3) is 0 Å². The number of nitrogens with one attached hydrogen (secondary N) is 1. The first-order valence-corrected chi connectivity index (χ1v) is 4.45. The van der Waals surface area contributed by atoms with Gasteiger partial charge in [0.1, 0.15) is 6.61 Å². The van der Waals surface area contributed by atoms with Gasteiger partial charge in [0, 0.05) is 18.6 Å². The SMILES string of the molecule is O=C(O)/C=C/C(=O)OCC1CCC(=O)N1. The maximum atomic E-state index is 10.9. The maximum absolute atomic E-state index is 10.9. The number of ether oxygens (including phenoxy) is 1. The van der Waals surface area contributed by atoms with Crippen molar-refractivity contribution in [1.29, 1.82) is 0 Å². The third-order valence-corrected chi connectivity index (χ3v) is 1.87. The molecule has 1 rings (SSSR count). The van der Waals surface area contributed by atoms with E-state index in [4.69, 9.17) is 9.84 Å². The molecule has 1 amide bonds. The summed E-state index contributed by atoms with van der Waals surface area (Å²) in [6, 6.07) is -0.153. The maximum Gasteiger partial charge on any atom is 0.331 e. The zero-order chi connectivity index (χ0) is 11.3. The predicted molar refractivity (Wildman–Crippen MR) is 48.9 cm³/mol. The Morgan fingerprint density at radius 3 is 2.80 bits per heavy atom. The second-order valence-corrected chi connectivity index (χ2v) is 3.10. The summed E-state index contributed by atoms with van der Waals surface area (Å²) in [6.45, 7) is 0.0779. The van der Waals surface area contributed by atoms with E-state index in [1.807, 2.05) is 0 Å². The number of carboxylic acids is 1. The average Bonchev–Trinajstić information content (AvgIpc) is 2.58. The Kier molecular flexibility index (Phi) is 3.84. The first-order valence-electron chi connectivity index (χ1n) is 4.45. The largest absolute Gasteiger partial charge is 0.478 e. The van der Waals surface area contributed by atoms with Crippen LogP contribution in [0, 0.1) is 0 Å². The molecule has 1 unspecified atom stereocenters. The molecule has 0 spiro atoms. The van der Waals surface area contributed by atoms with Crippen LogP contribution in [-0.4, -0.2) is 35.6 Å². The molecule has 82 valence electrons. The molecule has 1 saturated heterocycles. The molecule has 1 fully saturated rings. The van der Waals surface area contributed by atoms with Crippen LogP contribution in [0.25, 0.3) is 0 Å². The second kappa shape index (κ2) is 5.14. The lowest BCUT2D eigenvalue weighted by atomic mass is 10.2. The minimum atomic E-state index is -1.21. The van der Waals surface area contributed by atoms with Gasteiger partial charge in [0.05, 0.1) is 6.04 Å². The van der Waals surface area contributed by atoms with Crippen molar-refractivity contribution in [3.63, 3.8) is 0 Å². The Morgan fingerprint density at radius 1 is 1.53 bits per heavy atom. The van der Waals surface area contributed by atoms with Crippen molar-refractivity contribution in [3.05, 3.63) is 12.2 Å². The molecule has 1 atom stereocenters. The first-order chi connectivity index (χ1) is 7.08. The van der Waals surface area contributed by atoms with E-state index in [9.17, 15) is 14.4 Å². The molecule has 15 heavy (non-hydrogen) atoms. The van der Waals surface area contributed by atoms with Crippen molar-refractivity contribution in [3.8, 4) is 0 Å². The van der Waals surface area contributed by atoms with Crippen molar-refractivity contribution in [2.45, 2.75) is 18.9 Å². The lowest BCUT2D eigenvalue weighted by molar-refractivity contribution is -0.139. The zero-order valence-corrected chi connectivity index (χ0v) is 7.93. The predicted octanol–water partition coefficient (Wildman–Crippen LogP) is -0.551. The molecule has 0 aromatic heterocycles. The van der Waals surface area contributed by atoms with E-state index in [-0.39, 0.29) is 18.6 Å². The third-order valence-electron chi connectivity index (χ3n) is 1.87. The molecule has 1 aliphatic heterocycles. The van der Waals surface area contributed by atoms with Crippen molar-refractivity contribution >= 4 is 17.8 Å². The average molecular weight is 213 g/mol. The monoisotopic (exact) mass is 213 g/mol. The fourth-order valence-corrected chi connectivity index (χ4v) is 1.17. The highest BCUT2D eigenvalue weighted by atomic mass is 16.5. The minimum Gasteiger partial charge on any atom is -0.478 e. The van der Waals surface area contributed by atoms with Gasteiger partial charge in [-0.3, -0.25) is 4.79 Å². The number of rotatable bonds is 4. The fourth-order valence-electron chi connectivity index (χ4n) is 1.17. The van der Waals surface area contributed by atoms with E-state index in [1.165, 1.54) is 0 Å². The normalized spacial score (nSPS) is 20.3. The summed E-state index contributed by atoms with van der Waals surface area (Å²) < 4.78 is 4.72. The van der Waals surface area contributed by atoms with Crippen molar-refractivity contribution < 1.29 is 24.2 Å². The van der Waals surface area contributed by atoms with Crippen molar-refractivity contribution in [1.82, 2.24) is 5.32 Å². The van der Waals surface area contributed by atoms with Crippen LogP contribution >= 0.6 is 0 Å². The zero-order valence-electron chi connectivity index (χ0n) is 7.93. The third kappa shape index (κ3) is 4.26. The van der Waals surface area contributed by atoms with Gasteiger partial charge < -0.3 is 15.2 Å². The molecule has 1 heterocycles. The summed E-state index contributed by atoms with van der Waals surface area (Å²) in [5, 5.41) is 10.8. The van der Waals surface area contributed by atoms with E-state index in [1.54, 1.807) is 0 Å². The molecule has 0 aliphatic carbocycles. The highest BCUT2D eigenvalue weighted by Crippen LogP contribution is 2.06. The van der Waals surface area contributed by atoms with Crippen LogP contribution in [0.3, 0.4) is 0 Å². The first kappa shape index (κ1) is 11.2. The Bertz CT molecular complexity index is 310. The molecule has 2 N–H and O–H groups in total. The molecule has 6 heteroatoms. The van der Waals surface area contributed by atoms with Gasteiger partial charge in [-0.1, -0.05) is 0 Å². The Balaban J connectivity index is 2.22. The molecule has 1 aliphatic rings. The van der Waals surface area contributed by atoms with Crippen LogP contribution in [0.4, 0.5) is 0 Å². The van der Waals surface area contributed by atoms with Crippen LogP contribution in [0.1, 0.15) is 12.8 Å². The standard InChI is InChI=1S/C9H11NO5/c11-7-2-1-6(10-7)5-15-9(14)4-3-8(12)13/h3-4,6H,1-2,5H2,(H,10,11)(H,12,13)/b4-3+. The van der Waals surface area contributed by atoms with Crippen LogP contribution in [0.2, 0.25) is 0 Å². The van der Waals surface area contributed by atoms with E-state index in [2.05, 4.69) is 5.32 Å². The van der Waals surface area contributed by atoms with Crippen LogP contribution < -0.4 is 5.32 Å². The number of carbonyl (C=O) groups is 3. The highest BCUT2D eigenvalue weighted by molar-refractivity contribution is 5.90. The van der Waals surface area contributed by atoms with E-state index in [0.717, 1.165) is 6.08 Å². The Morgan fingerprint density at radius 2 is 2.27 bits per heavy atom. The molecular formula is C9H11NO5. The van der Waals surface area contributed by atoms with E-state index in [0.29, 0.717) is 18.9 Å². The van der Waals surface area contributed by atoms with Gasteiger partial charge in [-0.2, -0.15) is 0 Å². The summed E-state index contributed by atoms with van der Waals surface area (Å²) in [5.41, 5.74) is 0. The fraction of sp³-hybridized carbons (Fsp3) is 0.444. The Hall–Kier alpha value is -1.85. The summed E-state index contributed by atoms with van der Waals surface area (Å²) in [4.78, 5) is 31.7. The molecule has 0 bridgehead atoms. The van der Waals surface area contributed by atoms with Gasteiger partial charge in [0.15, 0.2) is 0 Å². The van der Waals surface area contributed by atoms with Crippen molar-refractivity contribution in [2.24, 2.45) is 0 Å². The van der Waals surface area contributed by atoms with Gasteiger partial charge in [0.2, 0.25) is 5.91 Å². The lowest BCUT2D eigenvalue weighted by Gasteiger charge is -2.08. The van der Waals surface area contributed by atoms with Gasteiger partial charge in [-0.25, -0.2) is 9.59 Å². The smallest absolute Gasteiger partial charge is 0.331 e. The number of esters is 1. The number of aliphatic carboxylic acids is 1. The number of carbonyl (C=O) groups excluding carboxylic acids is 2. The molecule has 0 aromatic rings. The molecule has 6 nitrogen and oxygen atoms in total. The summed E-state index contributed by atoms with van der Waals surface area (Å²) >= 11 is 0. The van der Waals surface area contributed by atoms with E-state index >= 15 is 0 Å². The topological polar surface area (TPSA) is 92.7 Å². The van der Waals surface area contributed by atoms with Crippen molar-refractivity contribution in [2.75, 3.05) is 6.61 Å². The summed E-state index contributed by atoms with van der Waals surface area (Å²) in [6.07, 6.45) is 2.61. The lowest BCUT2D eigenvalue weighted by Crippen LogP contribution is -2.30. The van der Waals surface area contributed by atoms with Gasteiger partial charge >= 0.3 is 11.9 Å². The van der Waals surface area contributed by atoms with Gasteiger partial charge in [-0.15, -0.1) is 0 Å². The van der Waals surface area contributed by atoms with Crippen LogP contribution in [0.5, 0.6) is 0 Å². The number of carboxylic acid groups (broad SMARTS) is 1. The Labute approximate surface area is 85.9 Å².